The number of piperazine rings is 1. The number of aryl methyl sites for hydroxylation is 1. The molecule has 1 N–H and O–H groups in total. The van der Waals surface area contributed by atoms with Crippen LogP contribution in [0.15, 0.2) is 90.0 Å². The lowest BCUT2D eigenvalue weighted by atomic mass is 9.96. The molecule has 7 heteroatoms. The summed E-state index contributed by atoms with van der Waals surface area (Å²) in [6.07, 6.45) is -0.717. The Balaban J connectivity index is 1.27. The smallest absolute Gasteiger partial charge is 0.250 e. The number of Topliss-reactive ketones (excluding diaryl/α,β-unsaturated/α-hetero) is 1. The minimum Gasteiger partial charge on any atom is -0.364 e. The molecule has 3 aromatic rings. The van der Waals surface area contributed by atoms with Crippen LogP contribution in [-0.2, 0) is 27.4 Å². The Morgan fingerprint density at radius 2 is 1.54 bits per heavy atom. The molecular weight excluding hydrogens is 493 g/mol. The highest BCUT2D eigenvalue weighted by atomic mass is 19.1. The van der Waals surface area contributed by atoms with Crippen molar-refractivity contribution >= 4 is 11.7 Å². The summed E-state index contributed by atoms with van der Waals surface area (Å²) < 4.78 is 19.6. The first-order valence-electron chi connectivity index (χ1n) is 13.4. The second-order valence-corrected chi connectivity index (χ2v) is 10.3. The van der Waals surface area contributed by atoms with Gasteiger partial charge in [-0.05, 0) is 35.7 Å². The van der Waals surface area contributed by atoms with Gasteiger partial charge in [0, 0.05) is 44.8 Å². The maximum Gasteiger partial charge on any atom is 0.250 e. The van der Waals surface area contributed by atoms with E-state index >= 15 is 0 Å². The van der Waals surface area contributed by atoms with Crippen molar-refractivity contribution < 1.29 is 18.7 Å². The van der Waals surface area contributed by atoms with Gasteiger partial charge in [-0.2, -0.15) is 0 Å². The lowest BCUT2D eigenvalue weighted by Gasteiger charge is -2.34. The van der Waals surface area contributed by atoms with Gasteiger partial charge in [0.2, 0.25) is 0 Å². The van der Waals surface area contributed by atoms with Crippen LogP contribution in [0.4, 0.5) is 4.39 Å². The summed E-state index contributed by atoms with van der Waals surface area (Å²) in [7, 11) is 0. The summed E-state index contributed by atoms with van der Waals surface area (Å²) >= 11 is 0. The van der Waals surface area contributed by atoms with E-state index in [0.29, 0.717) is 23.3 Å². The van der Waals surface area contributed by atoms with Crippen LogP contribution >= 0.6 is 0 Å². The molecule has 3 aromatic carbocycles. The average molecular weight is 528 g/mol. The third-order valence-corrected chi connectivity index (χ3v) is 7.39. The number of hydrogen-bond acceptors (Lipinski definition) is 5. The van der Waals surface area contributed by atoms with E-state index in [-0.39, 0.29) is 30.7 Å². The van der Waals surface area contributed by atoms with Gasteiger partial charge in [-0.3, -0.25) is 19.4 Å². The molecule has 0 spiro atoms. The first-order valence-corrected chi connectivity index (χ1v) is 13.4. The third kappa shape index (κ3) is 6.87. The van der Waals surface area contributed by atoms with E-state index in [0.717, 1.165) is 43.9 Å². The minimum absolute atomic E-state index is 0.0577. The van der Waals surface area contributed by atoms with Gasteiger partial charge in [-0.1, -0.05) is 72.3 Å². The van der Waals surface area contributed by atoms with Crippen LogP contribution in [0.1, 0.15) is 28.4 Å². The molecule has 1 atom stereocenters. The lowest BCUT2D eigenvalue weighted by molar-refractivity contribution is -0.120. The quantitative estimate of drug-likeness (QED) is 0.452. The van der Waals surface area contributed by atoms with Crippen molar-refractivity contribution in [3.05, 3.63) is 118 Å². The SMILES string of the molecule is Cc1ccc(CNC(=O)C2=C(C(=O)CN3CCN(Cc4ccccc4)CC3)COC2c2ccc(F)cc2)cc1. The maximum absolute atomic E-state index is 13.6. The molecule has 0 bridgehead atoms. The molecule has 202 valence electrons. The highest BCUT2D eigenvalue weighted by molar-refractivity contribution is 6.08. The number of benzene rings is 3. The Kier molecular flexibility index (Phi) is 8.61. The van der Waals surface area contributed by atoms with Gasteiger partial charge < -0.3 is 10.1 Å². The van der Waals surface area contributed by atoms with Gasteiger partial charge in [-0.25, -0.2) is 4.39 Å². The molecule has 1 fully saturated rings. The standard InChI is InChI=1S/C32H34FN3O3/c1-23-7-9-24(10-8-23)19-34-32(38)30-28(22-39-31(30)26-11-13-27(33)14-12-26)29(37)21-36-17-15-35(16-18-36)20-25-5-3-2-4-6-25/h2-14,31H,15-22H2,1H3,(H,34,38). The fraction of sp³-hybridized carbons (Fsp3) is 0.312. The van der Waals surface area contributed by atoms with Gasteiger partial charge in [0.1, 0.15) is 11.9 Å². The topological polar surface area (TPSA) is 61.9 Å². The number of halogens is 1. The van der Waals surface area contributed by atoms with Crippen LogP contribution in [0.25, 0.3) is 0 Å². The molecule has 5 rings (SSSR count). The summed E-state index contributed by atoms with van der Waals surface area (Å²) in [5.74, 6) is -0.802. The normalized spacial score (nSPS) is 18.4. The molecule has 0 radical (unpaired) electrons. The van der Waals surface area contributed by atoms with Crippen molar-refractivity contribution in [2.75, 3.05) is 39.3 Å². The number of ether oxygens (including phenoxy) is 1. The van der Waals surface area contributed by atoms with Crippen molar-refractivity contribution in [3.63, 3.8) is 0 Å². The average Bonchev–Trinajstić information content (AvgIpc) is 3.40. The predicted molar refractivity (Wildman–Crippen MR) is 148 cm³/mol. The molecule has 1 unspecified atom stereocenters. The molecule has 6 nitrogen and oxygen atoms in total. The predicted octanol–water partition coefficient (Wildman–Crippen LogP) is 4.21. The van der Waals surface area contributed by atoms with Crippen LogP contribution in [0.2, 0.25) is 0 Å². The second kappa shape index (κ2) is 12.5. The molecular formula is C32H34FN3O3. The summed E-state index contributed by atoms with van der Waals surface area (Å²) in [6.45, 7) is 6.85. The van der Waals surface area contributed by atoms with Gasteiger partial charge in [-0.15, -0.1) is 0 Å². The van der Waals surface area contributed by atoms with E-state index in [1.807, 2.05) is 37.3 Å². The maximum atomic E-state index is 13.6. The third-order valence-electron chi connectivity index (χ3n) is 7.39. The molecule has 1 saturated heterocycles. The number of carbonyl (C=O) groups is 2. The summed E-state index contributed by atoms with van der Waals surface area (Å²) in [6, 6.07) is 24.2. The Bertz CT molecular complexity index is 1320. The minimum atomic E-state index is -0.717. The van der Waals surface area contributed by atoms with E-state index in [1.165, 1.54) is 17.7 Å². The number of rotatable bonds is 9. The molecule has 2 aliphatic rings. The zero-order valence-electron chi connectivity index (χ0n) is 22.2. The molecule has 1 amide bonds. The van der Waals surface area contributed by atoms with E-state index < -0.39 is 6.10 Å². The van der Waals surface area contributed by atoms with Crippen LogP contribution in [0, 0.1) is 12.7 Å². The lowest BCUT2D eigenvalue weighted by Crippen LogP contribution is -2.47. The fourth-order valence-electron chi connectivity index (χ4n) is 5.10. The van der Waals surface area contributed by atoms with Gasteiger partial charge in [0.05, 0.1) is 18.7 Å². The van der Waals surface area contributed by atoms with Crippen molar-refractivity contribution in [3.8, 4) is 0 Å². The number of nitrogens with zero attached hydrogens (tertiary/aromatic N) is 2. The van der Waals surface area contributed by atoms with E-state index in [2.05, 4.69) is 39.4 Å². The molecule has 2 heterocycles. The molecule has 39 heavy (non-hydrogen) atoms. The van der Waals surface area contributed by atoms with Crippen molar-refractivity contribution in [1.29, 1.82) is 0 Å². The Labute approximate surface area is 229 Å². The van der Waals surface area contributed by atoms with Crippen LogP contribution in [-0.4, -0.2) is 60.8 Å². The summed E-state index contributed by atoms with van der Waals surface area (Å²) in [5.41, 5.74) is 4.76. The Hall–Kier alpha value is -3.65. The second-order valence-electron chi connectivity index (χ2n) is 10.3. The largest absolute Gasteiger partial charge is 0.364 e. The van der Waals surface area contributed by atoms with Gasteiger partial charge in [0.25, 0.3) is 5.91 Å². The van der Waals surface area contributed by atoms with E-state index in [1.54, 1.807) is 12.1 Å². The summed E-state index contributed by atoms with van der Waals surface area (Å²) in [5, 5.41) is 2.97. The first kappa shape index (κ1) is 26.9. The molecule has 0 aromatic heterocycles. The Morgan fingerprint density at radius 3 is 2.23 bits per heavy atom. The van der Waals surface area contributed by atoms with Crippen LogP contribution < -0.4 is 5.32 Å². The molecule has 2 aliphatic heterocycles. The Morgan fingerprint density at radius 1 is 0.872 bits per heavy atom. The first-order chi connectivity index (χ1) is 19.0. The number of hydrogen-bond donors (Lipinski definition) is 1. The molecule has 0 aliphatic carbocycles. The van der Waals surface area contributed by atoms with Crippen molar-refractivity contribution in [2.45, 2.75) is 26.1 Å². The number of nitrogens with one attached hydrogen (secondary N) is 1. The zero-order chi connectivity index (χ0) is 27.2. The summed E-state index contributed by atoms with van der Waals surface area (Å²) in [4.78, 5) is 31.5. The van der Waals surface area contributed by atoms with Crippen molar-refractivity contribution in [1.82, 2.24) is 15.1 Å². The van der Waals surface area contributed by atoms with Gasteiger partial charge in [0.15, 0.2) is 5.78 Å². The highest BCUT2D eigenvalue weighted by Crippen LogP contribution is 2.35. The van der Waals surface area contributed by atoms with Crippen molar-refractivity contribution in [2.24, 2.45) is 0 Å². The number of carbonyl (C=O) groups excluding carboxylic acids is 2. The van der Waals surface area contributed by atoms with E-state index in [4.69, 9.17) is 4.74 Å². The fourth-order valence-corrected chi connectivity index (χ4v) is 5.10. The zero-order valence-corrected chi connectivity index (χ0v) is 22.2. The van der Waals surface area contributed by atoms with Gasteiger partial charge >= 0.3 is 0 Å². The molecule has 0 saturated carbocycles. The van der Waals surface area contributed by atoms with E-state index in [9.17, 15) is 14.0 Å². The highest BCUT2D eigenvalue weighted by Gasteiger charge is 2.36. The number of ketones is 1. The van der Waals surface area contributed by atoms with Crippen LogP contribution in [0.3, 0.4) is 0 Å². The number of amides is 1. The van der Waals surface area contributed by atoms with Crippen LogP contribution in [0.5, 0.6) is 0 Å². The monoisotopic (exact) mass is 527 g/mol.